The molecule has 0 heterocycles. The van der Waals surface area contributed by atoms with Gasteiger partial charge in [-0.2, -0.15) is 0 Å². The molecule has 0 unspecified atom stereocenters. The molecular weight excluding hydrogens is 548 g/mol. The van der Waals surface area contributed by atoms with E-state index in [0.29, 0.717) is 19.6 Å². The summed E-state index contributed by atoms with van der Waals surface area (Å²) in [4.78, 5) is 11.2. The molecule has 0 saturated carbocycles. The highest BCUT2D eigenvalue weighted by molar-refractivity contribution is 9.11. The molecule has 0 fully saturated rings. The minimum atomic E-state index is -0.949. The SMILES string of the molecule is CCO[C@@H](Cc1ccc(OC/C=C(/C)c2ccc(-c3cc(Br)cc(Br)c3)cc2)cc1)C(=O)O. The molecule has 3 aromatic carbocycles. The van der Waals surface area contributed by atoms with Gasteiger partial charge < -0.3 is 14.6 Å². The van der Waals surface area contributed by atoms with Gasteiger partial charge >= 0.3 is 5.97 Å². The summed E-state index contributed by atoms with van der Waals surface area (Å²) in [6, 6.07) is 22.1. The Balaban J connectivity index is 1.57. The van der Waals surface area contributed by atoms with Gasteiger partial charge in [-0.15, -0.1) is 0 Å². The first-order valence-electron chi connectivity index (χ1n) is 10.7. The predicted molar refractivity (Wildman–Crippen MR) is 140 cm³/mol. The summed E-state index contributed by atoms with van der Waals surface area (Å²) in [5.74, 6) is -0.211. The Morgan fingerprint density at radius 1 is 0.970 bits per heavy atom. The van der Waals surface area contributed by atoms with E-state index in [4.69, 9.17) is 9.47 Å². The maximum Gasteiger partial charge on any atom is 0.333 e. The molecule has 0 aromatic heterocycles. The van der Waals surface area contributed by atoms with Crippen molar-refractivity contribution in [2.24, 2.45) is 0 Å². The minimum Gasteiger partial charge on any atom is -0.490 e. The third kappa shape index (κ3) is 7.56. The van der Waals surface area contributed by atoms with Crippen molar-refractivity contribution in [2.75, 3.05) is 13.2 Å². The highest BCUT2D eigenvalue weighted by Gasteiger charge is 2.17. The second kappa shape index (κ2) is 12.2. The van der Waals surface area contributed by atoms with Crippen molar-refractivity contribution in [2.45, 2.75) is 26.4 Å². The molecule has 0 aliphatic carbocycles. The van der Waals surface area contributed by atoms with Gasteiger partial charge in [0.25, 0.3) is 0 Å². The standard InChI is InChI=1S/C27H26Br2O4/c1-3-32-26(27(30)31)14-19-4-10-25(11-5-19)33-13-12-18(2)20-6-8-21(9-7-20)22-15-23(28)17-24(29)16-22/h4-12,15-17,26H,3,13-14H2,1-2H3,(H,30,31)/b18-12-/t26-/m0/s1. The quantitative estimate of drug-likeness (QED) is 0.275. The molecule has 0 amide bonds. The normalized spacial score (nSPS) is 12.4. The Morgan fingerprint density at radius 3 is 2.18 bits per heavy atom. The number of hydrogen-bond acceptors (Lipinski definition) is 3. The van der Waals surface area contributed by atoms with Gasteiger partial charge in [0, 0.05) is 22.0 Å². The number of allylic oxidation sites excluding steroid dienone is 1. The summed E-state index contributed by atoms with van der Waals surface area (Å²) in [5.41, 5.74) is 5.47. The van der Waals surface area contributed by atoms with Gasteiger partial charge in [0.2, 0.25) is 0 Å². The van der Waals surface area contributed by atoms with E-state index in [9.17, 15) is 9.90 Å². The summed E-state index contributed by atoms with van der Waals surface area (Å²) < 4.78 is 13.2. The molecule has 4 nitrogen and oxygen atoms in total. The Bertz CT molecular complexity index is 1090. The maximum atomic E-state index is 11.2. The molecule has 0 bridgehead atoms. The van der Waals surface area contributed by atoms with E-state index in [1.54, 1.807) is 6.92 Å². The second-order valence-electron chi connectivity index (χ2n) is 7.56. The van der Waals surface area contributed by atoms with E-state index in [1.165, 1.54) is 0 Å². The van der Waals surface area contributed by atoms with E-state index >= 15 is 0 Å². The zero-order chi connectivity index (χ0) is 23.8. The van der Waals surface area contributed by atoms with Crippen molar-refractivity contribution in [3.05, 3.63) is 92.9 Å². The van der Waals surface area contributed by atoms with Crippen LogP contribution in [-0.4, -0.2) is 30.4 Å². The molecule has 0 aliphatic rings. The van der Waals surface area contributed by atoms with Gasteiger partial charge in [0.05, 0.1) is 0 Å². The summed E-state index contributed by atoms with van der Waals surface area (Å²) in [7, 11) is 0. The molecule has 172 valence electrons. The number of benzene rings is 3. The third-order valence-corrected chi connectivity index (χ3v) is 6.08. The summed E-state index contributed by atoms with van der Waals surface area (Å²) in [5, 5.41) is 9.22. The zero-order valence-electron chi connectivity index (χ0n) is 18.6. The largest absolute Gasteiger partial charge is 0.490 e. The van der Waals surface area contributed by atoms with E-state index in [2.05, 4.69) is 75.2 Å². The van der Waals surface area contributed by atoms with Crippen LogP contribution < -0.4 is 4.74 Å². The number of aliphatic carboxylic acids is 1. The van der Waals surface area contributed by atoms with E-state index in [-0.39, 0.29) is 0 Å². The lowest BCUT2D eigenvalue weighted by Gasteiger charge is -2.12. The average molecular weight is 574 g/mol. The van der Waals surface area contributed by atoms with Crippen LogP contribution in [0, 0.1) is 0 Å². The molecule has 3 rings (SSSR count). The number of carboxylic acids is 1. The van der Waals surface area contributed by atoms with Crippen LogP contribution in [-0.2, 0) is 16.0 Å². The minimum absolute atomic E-state index is 0.329. The molecular formula is C27H26Br2O4. The number of carboxylic acid groups (broad SMARTS) is 1. The monoisotopic (exact) mass is 572 g/mol. The maximum absolute atomic E-state index is 11.2. The molecule has 6 heteroatoms. The number of carbonyl (C=O) groups is 1. The predicted octanol–water partition coefficient (Wildman–Crippen LogP) is 7.39. The van der Waals surface area contributed by atoms with Crippen LogP contribution in [0.25, 0.3) is 16.7 Å². The fourth-order valence-electron chi connectivity index (χ4n) is 3.38. The smallest absolute Gasteiger partial charge is 0.333 e. The van der Waals surface area contributed by atoms with Crippen molar-refractivity contribution in [3.8, 4) is 16.9 Å². The first-order valence-corrected chi connectivity index (χ1v) is 12.2. The Hall–Kier alpha value is -2.41. The fraction of sp³-hybridized carbons (Fsp3) is 0.222. The van der Waals surface area contributed by atoms with Gasteiger partial charge in [-0.1, -0.05) is 68.3 Å². The van der Waals surface area contributed by atoms with Gasteiger partial charge in [-0.25, -0.2) is 4.79 Å². The van der Waals surface area contributed by atoms with Crippen molar-refractivity contribution in [3.63, 3.8) is 0 Å². The average Bonchev–Trinajstić information content (AvgIpc) is 2.79. The molecule has 0 aliphatic heterocycles. The van der Waals surface area contributed by atoms with Crippen molar-refractivity contribution in [1.29, 1.82) is 0 Å². The van der Waals surface area contributed by atoms with Crippen LogP contribution in [0.2, 0.25) is 0 Å². The van der Waals surface area contributed by atoms with Crippen molar-refractivity contribution >= 4 is 43.4 Å². The van der Waals surface area contributed by atoms with Gasteiger partial charge in [-0.3, -0.25) is 0 Å². The molecule has 3 aromatic rings. The number of ether oxygens (including phenoxy) is 2. The molecule has 0 radical (unpaired) electrons. The van der Waals surface area contributed by atoms with Gasteiger partial charge in [-0.05, 0) is 78.1 Å². The lowest BCUT2D eigenvalue weighted by Crippen LogP contribution is -2.26. The van der Waals surface area contributed by atoms with Crippen LogP contribution in [0.5, 0.6) is 5.75 Å². The third-order valence-electron chi connectivity index (χ3n) is 5.16. The second-order valence-corrected chi connectivity index (χ2v) is 9.40. The molecule has 0 spiro atoms. The molecule has 0 saturated heterocycles. The Labute approximate surface area is 211 Å². The number of halogens is 2. The van der Waals surface area contributed by atoms with Crippen LogP contribution in [0.15, 0.2) is 81.8 Å². The highest BCUT2D eigenvalue weighted by Crippen LogP contribution is 2.28. The van der Waals surface area contributed by atoms with Crippen molar-refractivity contribution in [1.82, 2.24) is 0 Å². The molecule has 1 N–H and O–H groups in total. The van der Waals surface area contributed by atoms with E-state index in [1.807, 2.05) is 36.4 Å². The van der Waals surface area contributed by atoms with E-state index in [0.717, 1.165) is 42.5 Å². The van der Waals surface area contributed by atoms with Crippen molar-refractivity contribution < 1.29 is 19.4 Å². The van der Waals surface area contributed by atoms with Gasteiger partial charge in [0.1, 0.15) is 12.4 Å². The highest BCUT2D eigenvalue weighted by atomic mass is 79.9. The topological polar surface area (TPSA) is 55.8 Å². The van der Waals surface area contributed by atoms with E-state index < -0.39 is 12.1 Å². The summed E-state index contributed by atoms with van der Waals surface area (Å²) in [6.07, 6.45) is 1.55. The summed E-state index contributed by atoms with van der Waals surface area (Å²) in [6.45, 7) is 4.67. The molecule has 1 atom stereocenters. The lowest BCUT2D eigenvalue weighted by molar-refractivity contribution is -0.149. The fourth-order valence-corrected chi connectivity index (χ4v) is 4.68. The van der Waals surface area contributed by atoms with Crippen LogP contribution in [0.4, 0.5) is 0 Å². The first kappa shape index (κ1) is 25.2. The van der Waals surface area contributed by atoms with Gasteiger partial charge in [0.15, 0.2) is 6.10 Å². The zero-order valence-corrected chi connectivity index (χ0v) is 21.7. The summed E-state index contributed by atoms with van der Waals surface area (Å²) >= 11 is 7.08. The van der Waals surface area contributed by atoms with Crippen LogP contribution in [0.1, 0.15) is 25.0 Å². The van der Waals surface area contributed by atoms with Crippen LogP contribution in [0.3, 0.4) is 0 Å². The number of hydrogen-bond donors (Lipinski definition) is 1. The Kier molecular flexibility index (Phi) is 9.30. The number of rotatable bonds is 10. The Morgan fingerprint density at radius 2 is 1.61 bits per heavy atom. The molecule has 33 heavy (non-hydrogen) atoms. The van der Waals surface area contributed by atoms with Crippen LogP contribution >= 0.6 is 31.9 Å². The lowest BCUT2D eigenvalue weighted by atomic mass is 10.0. The first-order chi connectivity index (χ1) is 15.9.